The van der Waals surface area contributed by atoms with Crippen molar-refractivity contribution in [3.8, 4) is 0 Å². The molecule has 1 saturated heterocycles. The Bertz CT molecular complexity index is 501. The number of alkyl halides is 2. The smallest absolute Gasteiger partial charge is 0.259 e. The molecule has 0 radical (unpaired) electrons. The van der Waals surface area contributed by atoms with Crippen molar-refractivity contribution in [2.45, 2.75) is 39.8 Å². The highest BCUT2D eigenvalue weighted by atomic mass is 19.3. The Morgan fingerprint density at radius 2 is 2.24 bits per heavy atom. The molecule has 0 bridgehead atoms. The maximum Gasteiger partial charge on any atom is 0.259 e. The molecule has 5 nitrogen and oxygen atoms in total. The summed E-state index contributed by atoms with van der Waals surface area (Å²) in [4.78, 5) is 13.8. The van der Waals surface area contributed by atoms with Gasteiger partial charge >= 0.3 is 0 Å². The molecule has 1 fully saturated rings. The third kappa shape index (κ3) is 3.40. The predicted octanol–water partition coefficient (Wildman–Crippen LogP) is 1.53. The standard InChI is InChI=1S/C14H22F2N4O/c1-9(2)8-20-10(3)11(6-18-20)14(21)19-5-4-17-7-12(19)13(15)16/h6,9,12-13,17H,4-5,7-8H2,1-3H3. The van der Waals surface area contributed by atoms with Crippen molar-refractivity contribution >= 4 is 5.91 Å². The Morgan fingerprint density at radius 1 is 1.52 bits per heavy atom. The maximum absolute atomic E-state index is 13.1. The van der Waals surface area contributed by atoms with Crippen LogP contribution >= 0.6 is 0 Å². The number of nitrogens with one attached hydrogen (secondary N) is 1. The van der Waals surface area contributed by atoms with Gasteiger partial charge in [-0.1, -0.05) is 13.8 Å². The van der Waals surface area contributed by atoms with E-state index < -0.39 is 12.5 Å². The summed E-state index contributed by atoms with van der Waals surface area (Å²) in [5.74, 6) is 0.0499. The van der Waals surface area contributed by atoms with E-state index >= 15 is 0 Å². The van der Waals surface area contributed by atoms with E-state index in [0.717, 1.165) is 5.69 Å². The summed E-state index contributed by atoms with van der Waals surface area (Å²) < 4.78 is 27.9. The highest BCUT2D eigenvalue weighted by molar-refractivity contribution is 5.95. The SMILES string of the molecule is Cc1c(C(=O)N2CCNCC2C(F)F)cnn1CC(C)C. The van der Waals surface area contributed by atoms with Gasteiger partial charge in [0.15, 0.2) is 0 Å². The Hall–Kier alpha value is -1.50. The monoisotopic (exact) mass is 300 g/mol. The molecule has 118 valence electrons. The number of halogens is 2. The highest BCUT2D eigenvalue weighted by Crippen LogP contribution is 2.18. The van der Waals surface area contributed by atoms with E-state index in [-0.39, 0.29) is 12.5 Å². The molecule has 1 aromatic rings. The number of rotatable bonds is 4. The minimum absolute atomic E-state index is 0.128. The topological polar surface area (TPSA) is 50.2 Å². The van der Waals surface area contributed by atoms with E-state index in [4.69, 9.17) is 0 Å². The molecule has 1 atom stereocenters. The second kappa shape index (κ2) is 6.51. The molecule has 2 rings (SSSR count). The first-order chi connectivity index (χ1) is 9.91. The van der Waals surface area contributed by atoms with E-state index in [1.54, 1.807) is 4.68 Å². The lowest BCUT2D eigenvalue weighted by molar-refractivity contribution is 0.0126. The predicted molar refractivity (Wildman–Crippen MR) is 75.5 cm³/mol. The van der Waals surface area contributed by atoms with Gasteiger partial charge in [-0.3, -0.25) is 9.48 Å². The number of hydrogen-bond donors (Lipinski definition) is 1. The molecule has 1 aliphatic rings. The summed E-state index contributed by atoms with van der Waals surface area (Å²) in [7, 11) is 0. The third-order valence-corrected chi connectivity index (χ3v) is 3.71. The van der Waals surface area contributed by atoms with Crippen molar-refractivity contribution in [2.24, 2.45) is 5.92 Å². The number of carbonyl (C=O) groups is 1. The Morgan fingerprint density at radius 3 is 2.86 bits per heavy atom. The molecule has 0 spiro atoms. The van der Waals surface area contributed by atoms with Crippen LogP contribution in [0.15, 0.2) is 6.20 Å². The van der Waals surface area contributed by atoms with E-state index in [9.17, 15) is 13.6 Å². The zero-order chi connectivity index (χ0) is 15.6. The van der Waals surface area contributed by atoms with Crippen molar-refractivity contribution in [3.63, 3.8) is 0 Å². The molecule has 0 aromatic carbocycles. The second-order valence-corrected chi connectivity index (χ2v) is 5.82. The van der Waals surface area contributed by atoms with E-state index in [1.165, 1.54) is 11.1 Å². The van der Waals surface area contributed by atoms with Gasteiger partial charge < -0.3 is 10.2 Å². The van der Waals surface area contributed by atoms with Crippen LogP contribution in [0.2, 0.25) is 0 Å². The molecule has 0 saturated carbocycles. The van der Waals surface area contributed by atoms with Gasteiger partial charge in [-0.05, 0) is 12.8 Å². The molecule has 1 N–H and O–H groups in total. The van der Waals surface area contributed by atoms with Crippen molar-refractivity contribution < 1.29 is 13.6 Å². The fourth-order valence-corrected chi connectivity index (χ4v) is 2.54. The van der Waals surface area contributed by atoms with Crippen molar-refractivity contribution in [2.75, 3.05) is 19.6 Å². The number of hydrogen-bond acceptors (Lipinski definition) is 3. The quantitative estimate of drug-likeness (QED) is 0.917. The molecular formula is C14H22F2N4O. The van der Waals surface area contributed by atoms with Crippen molar-refractivity contribution in [1.29, 1.82) is 0 Å². The summed E-state index contributed by atoms with van der Waals surface area (Å²) in [6.45, 7) is 7.60. The van der Waals surface area contributed by atoms with Gasteiger partial charge in [-0.2, -0.15) is 5.10 Å². The first-order valence-corrected chi connectivity index (χ1v) is 7.24. The molecule has 1 aliphatic heterocycles. The summed E-state index contributed by atoms with van der Waals surface area (Å²) >= 11 is 0. The largest absolute Gasteiger partial charge is 0.327 e. The number of amides is 1. The average Bonchev–Trinajstić information content (AvgIpc) is 2.79. The Labute approximate surface area is 123 Å². The minimum atomic E-state index is -2.55. The molecule has 1 amide bonds. The van der Waals surface area contributed by atoms with E-state index in [0.29, 0.717) is 31.1 Å². The first kappa shape index (κ1) is 15.9. The van der Waals surface area contributed by atoms with Crippen LogP contribution in [0.5, 0.6) is 0 Å². The number of nitrogens with zero attached hydrogens (tertiary/aromatic N) is 3. The summed E-state index contributed by atoms with van der Waals surface area (Å²) in [6.07, 6.45) is -1.06. The van der Waals surface area contributed by atoms with Gasteiger partial charge in [0.25, 0.3) is 12.3 Å². The third-order valence-electron chi connectivity index (χ3n) is 3.71. The minimum Gasteiger partial charge on any atom is -0.327 e. The summed E-state index contributed by atoms with van der Waals surface area (Å²) in [5.41, 5.74) is 1.16. The van der Waals surface area contributed by atoms with Gasteiger partial charge in [0.2, 0.25) is 0 Å². The zero-order valence-corrected chi connectivity index (χ0v) is 12.6. The van der Waals surface area contributed by atoms with Crippen LogP contribution < -0.4 is 5.32 Å². The van der Waals surface area contributed by atoms with Crippen LogP contribution in [0.1, 0.15) is 29.9 Å². The normalized spacial score (nSPS) is 19.6. The van der Waals surface area contributed by atoms with Crippen LogP contribution in [-0.4, -0.2) is 52.7 Å². The Balaban J connectivity index is 2.20. The van der Waals surface area contributed by atoms with Crippen LogP contribution in [0.4, 0.5) is 8.78 Å². The van der Waals surface area contributed by atoms with E-state index in [2.05, 4.69) is 24.3 Å². The average molecular weight is 300 g/mol. The van der Waals surface area contributed by atoms with Gasteiger partial charge in [0.1, 0.15) is 6.04 Å². The van der Waals surface area contributed by atoms with Crippen LogP contribution in [0.3, 0.4) is 0 Å². The summed E-state index contributed by atoms with van der Waals surface area (Å²) in [6, 6.07) is -1.07. The second-order valence-electron chi connectivity index (χ2n) is 5.82. The summed E-state index contributed by atoms with van der Waals surface area (Å²) in [5, 5.41) is 7.11. The lowest BCUT2D eigenvalue weighted by Gasteiger charge is -2.35. The van der Waals surface area contributed by atoms with Crippen LogP contribution in [-0.2, 0) is 6.54 Å². The van der Waals surface area contributed by atoms with Gasteiger partial charge in [0, 0.05) is 31.9 Å². The zero-order valence-electron chi connectivity index (χ0n) is 12.6. The van der Waals surface area contributed by atoms with Crippen LogP contribution in [0.25, 0.3) is 0 Å². The maximum atomic E-state index is 13.1. The molecule has 2 heterocycles. The van der Waals surface area contributed by atoms with Crippen molar-refractivity contribution in [1.82, 2.24) is 20.0 Å². The molecule has 21 heavy (non-hydrogen) atoms. The van der Waals surface area contributed by atoms with Gasteiger partial charge in [-0.25, -0.2) is 8.78 Å². The lowest BCUT2D eigenvalue weighted by Crippen LogP contribution is -2.56. The van der Waals surface area contributed by atoms with Gasteiger partial charge in [-0.15, -0.1) is 0 Å². The van der Waals surface area contributed by atoms with E-state index in [1.807, 2.05) is 6.92 Å². The first-order valence-electron chi connectivity index (χ1n) is 7.24. The molecular weight excluding hydrogens is 278 g/mol. The Kier molecular flexibility index (Phi) is 4.92. The fourth-order valence-electron chi connectivity index (χ4n) is 2.54. The fraction of sp³-hybridized carbons (Fsp3) is 0.714. The van der Waals surface area contributed by atoms with Gasteiger partial charge in [0.05, 0.1) is 11.8 Å². The van der Waals surface area contributed by atoms with Crippen LogP contribution in [0, 0.1) is 12.8 Å². The molecule has 0 aliphatic carbocycles. The molecule has 7 heteroatoms. The number of aromatic nitrogens is 2. The molecule has 1 unspecified atom stereocenters. The highest BCUT2D eigenvalue weighted by Gasteiger charge is 2.34. The number of carbonyl (C=O) groups excluding carboxylic acids is 1. The lowest BCUT2D eigenvalue weighted by atomic mass is 10.1. The number of piperazine rings is 1. The molecule has 1 aromatic heterocycles. The van der Waals surface area contributed by atoms with Crippen molar-refractivity contribution in [3.05, 3.63) is 17.5 Å².